The highest BCUT2D eigenvalue weighted by atomic mass is 32.2. The van der Waals surface area contributed by atoms with Gasteiger partial charge in [-0.15, -0.1) is 10.2 Å². The van der Waals surface area contributed by atoms with Crippen molar-refractivity contribution in [1.29, 1.82) is 0 Å². The molecule has 24 heavy (non-hydrogen) atoms. The number of aromatic nitrogens is 3. The van der Waals surface area contributed by atoms with Gasteiger partial charge in [-0.1, -0.05) is 49.0 Å². The summed E-state index contributed by atoms with van der Waals surface area (Å²) in [5.74, 6) is 0.220. The number of para-hydroxylation sites is 1. The number of hydrogen-bond donors (Lipinski definition) is 1. The maximum Gasteiger partial charge on any atom is 0.234 e. The standard InChI is InChI=1S/C18H18N4OS/c1-2-14-7-6-8-15(11-14)20-17(23)12-24-18-21-19-13-22(18)16-9-4-3-5-10-16/h3-11,13H,2,12H2,1H3,(H,20,23). The molecule has 1 N–H and O–H groups in total. The molecule has 6 heteroatoms. The Labute approximate surface area is 145 Å². The lowest BCUT2D eigenvalue weighted by Crippen LogP contribution is -2.14. The van der Waals surface area contributed by atoms with E-state index in [4.69, 9.17) is 0 Å². The molecule has 0 spiro atoms. The van der Waals surface area contributed by atoms with Gasteiger partial charge < -0.3 is 5.32 Å². The van der Waals surface area contributed by atoms with Crippen molar-refractivity contribution in [2.75, 3.05) is 11.1 Å². The molecule has 0 unspecified atom stereocenters. The quantitative estimate of drug-likeness (QED) is 0.698. The van der Waals surface area contributed by atoms with Crippen LogP contribution in [0.4, 0.5) is 5.69 Å². The second-order valence-electron chi connectivity index (χ2n) is 5.21. The molecule has 0 aliphatic heterocycles. The van der Waals surface area contributed by atoms with Crippen molar-refractivity contribution in [3.05, 3.63) is 66.5 Å². The van der Waals surface area contributed by atoms with Crippen molar-refractivity contribution in [3.63, 3.8) is 0 Å². The molecule has 3 aromatic rings. The summed E-state index contributed by atoms with van der Waals surface area (Å²) in [5.41, 5.74) is 3.00. The molecule has 0 fully saturated rings. The van der Waals surface area contributed by atoms with Gasteiger partial charge in [-0.05, 0) is 36.2 Å². The van der Waals surface area contributed by atoms with Crippen LogP contribution in [0.3, 0.4) is 0 Å². The lowest BCUT2D eigenvalue weighted by atomic mass is 10.1. The summed E-state index contributed by atoms with van der Waals surface area (Å²) in [5, 5.41) is 11.7. The minimum Gasteiger partial charge on any atom is -0.325 e. The molecule has 0 aliphatic carbocycles. The second-order valence-corrected chi connectivity index (χ2v) is 6.15. The van der Waals surface area contributed by atoms with E-state index in [9.17, 15) is 4.79 Å². The molecule has 0 aliphatic rings. The van der Waals surface area contributed by atoms with Gasteiger partial charge in [-0.3, -0.25) is 9.36 Å². The highest BCUT2D eigenvalue weighted by molar-refractivity contribution is 7.99. The molecule has 3 rings (SSSR count). The number of thioether (sulfide) groups is 1. The third kappa shape index (κ3) is 4.02. The highest BCUT2D eigenvalue weighted by Crippen LogP contribution is 2.20. The fraction of sp³-hybridized carbons (Fsp3) is 0.167. The number of nitrogens with zero attached hydrogens (tertiary/aromatic N) is 3. The molecule has 2 aromatic carbocycles. The highest BCUT2D eigenvalue weighted by Gasteiger charge is 2.10. The van der Waals surface area contributed by atoms with Crippen LogP contribution in [-0.2, 0) is 11.2 Å². The smallest absolute Gasteiger partial charge is 0.234 e. The maximum atomic E-state index is 12.2. The fourth-order valence-corrected chi connectivity index (χ4v) is 3.01. The normalized spacial score (nSPS) is 10.5. The molecule has 0 bridgehead atoms. The van der Waals surface area contributed by atoms with Crippen LogP contribution >= 0.6 is 11.8 Å². The number of benzene rings is 2. The number of amides is 1. The first-order valence-electron chi connectivity index (χ1n) is 7.73. The number of carbonyl (C=O) groups is 1. The van der Waals surface area contributed by atoms with Gasteiger partial charge in [-0.2, -0.15) is 0 Å². The summed E-state index contributed by atoms with van der Waals surface area (Å²) in [6.07, 6.45) is 2.60. The largest absolute Gasteiger partial charge is 0.325 e. The van der Waals surface area contributed by atoms with E-state index in [-0.39, 0.29) is 11.7 Å². The first kappa shape index (κ1) is 16.3. The monoisotopic (exact) mass is 338 g/mol. The van der Waals surface area contributed by atoms with Crippen LogP contribution in [0.5, 0.6) is 0 Å². The van der Waals surface area contributed by atoms with Crippen molar-refractivity contribution in [1.82, 2.24) is 14.8 Å². The third-order valence-corrected chi connectivity index (χ3v) is 4.45. The summed E-state index contributed by atoms with van der Waals surface area (Å²) >= 11 is 1.36. The van der Waals surface area contributed by atoms with Crippen LogP contribution in [0.1, 0.15) is 12.5 Å². The van der Waals surface area contributed by atoms with Crippen LogP contribution in [0.15, 0.2) is 66.1 Å². The van der Waals surface area contributed by atoms with Gasteiger partial charge >= 0.3 is 0 Å². The lowest BCUT2D eigenvalue weighted by Gasteiger charge is -2.07. The number of carbonyl (C=O) groups excluding carboxylic acids is 1. The predicted molar refractivity (Wildman–Crippen MR) is 96.5 cm³/mol. The van der Waals surface area contributed by atoms with Crippen LogP contribution in [0.2, 0.25) is 0 Å². The minimum atomic E-state index is -0.0594. The van der Waals surface area contributed by atoms with Gasteiger partial charge in [0.05, 0.1) is 5.75 Å². The Kier molecular flexibility index (Phi) is 5.28. The number of aryl methyl sites for hydroxylation is 1. The summed E-state index contributed by atoms with van der Waals surface area (Å²) in [6, 6.07) is 17.7. The summed E-state index contributed by atoms with van der Waals surface area (Å²) in [6.45, 7) is 2.09. The first-order chi connectivity index (χ1) is 11.8. The van der Waals surface area contributed by atoms with E-state index in [1.165, 1.54) is 17.3 Å². The van der Waals surface area contributed by atoms with Gasteiger partial charge in [0, 0.05) is 11.4 Å². The molecule has 1 heterocycles. The number of anilines is 1. The first-order valence-corrected chi connectivity index (χ1v) is 8.72. The van der Waals surface area contributed by atoms with Gasteiger partial charge in [0.15, 0.2) is 5.16 Å². The molecule has 0 saturated carbocycles. The zero-order valence-corrected chi connectivity index (χ0v) is 14.2. The Balaban J connectivity index is 1.62. The molecule has 1 amide bonds. The van der Waals surface area contributed by atoms with Gasteiger partial charge in [-0.25, -0.2) is 0 Å². The van der Waals surface area contributed by atoms with Crippen LogP contribution < -0.4 is 5.32 Å². The molecule has 0 atom stereocenters. The SMILES string of the molecule is CCc1cccc(NC(=O)CSc2nncn2-c2ccccc2)c1. The Morgan fingerprint density at radius 2 is 2.00 bits per heavy atom. The Morgan fingerprint density at radius 1 is 1.17 bits per heavy atom. The van der Waals surface area contributed by atoms with E-state index in [0.29, 0.717) is 5.16 Å². The number of rotatable bonds is 6. The van der Waals surface area contributed by atoms with E-state index >= 15 is 0 Å². The maximum absolute atomic E-state index is 12.2. The third-order valence-electron chi connectivity index (χ3n) is 3.50. The van der Waals surface area contributed by atoms with Crippen molar-refractivity contribution >= 4 is 23.4 Å². The zero-order valence-electron chi connectivity index (χ0n) is 13.3. The van der Waals surface area contributed by atoms with E-state index < -0.39 is 0 Å². The van der Waals surface area contributed by atoms with Crippen molar-refractivity contribution < 1.29 is 4.79 Å². The summed E-state index contributed by atoms with van der Waals surface area (Å²) < 4.78 is 1.87. The molecule has 5 nitrogen and oxygen atoms in total. The van der Waals surface area contributed by atoms with E-state index in [0.717, 1.165) is 17.8 Å². The topological polar surface area (TPSA) is 59.8 Å². The molecular weight excluding hydrogens is 320 g/mol. The van der Waals surface area contributed by atoms with Crippen LogP contribution in [-0.4, -0.2) is 26.4 Å². The van der Waals surface area contributed by atoms with Gasteiger partial charge in [0.2, 0.25) is 5.91 Å². The van der Waals surface area contributed by atoms with Crippen molar-refractivity contribution in [2.45, 2.75) is 18.5 Å². The Bertz CT molecular complexity index is 817. The molecule has 0 saturated heterocycles. The lowest BCUT2D eigenvalue weighted by molar-refractivity contribution is -0.113. The van der Waals surface area contributed by atoms with E-state index in [1.807, 2.05) is 59.2 Å². The summed E-state index contributed by atoms with van der Waals surface area (Å²) in [4.78, 5) is 12.2. The van der Waals surface area contributed by atoms with E-state index in [2.05, 4.69) is 22.4 Å². The predicted octanol–water partition coefficient (Wildman–Crippen LogP) is 3.56. The Morgan fingerprint density at radius 3 is 2.79 bits per heavy atom. The zero-order chi connectivity index (χ0) is 16.8. The Hall–Kier alpha value is -2.60. The average molecular weight is 338 g/mol. The summed E-state index contributed by atoms with van der Waals surface area (Å²) in [7, 11) is 0. The van der Waals surface area contributed by atoms with Crippen LogP contribution in [0, 0.1) is 0 Å². The van der Waals surface area contributed by atoms with Crippen molar-refractivity contribution in [2.24, 2.45) is 0 Å². The van der Waals surface area contributed by atoms with Crippen molar-refractivity contribution in [3.8, 4) is 5.69 Å². The minimum absolute atomic E-state index is 0.0594. The number of hydrogen-bond acceptors (Lipinski definition) is 4. The molecular formula is C18H18N4OS. The second kappa shape index (κ2) is 7.79. The average Bonchev–Trinajstić information content (AvgIpc) is 3.09. The van der Waals surface area contributed by atoms with E-state index in [1.54, 1.807) is 6.33 Å². The molecule has 1 aromatic heterocycles. The van der Waals surface area contributed by atoms with Crippen LogP contribution in [0.25, 0.3) is 5.69 Å². The molecule has 0 radical (unpaired) electrons. The number of nitrogens with one attached hydrogen (secondary N) is 1. The van der Waals surface area contributed by atoms with Gasteiger partial charge in [0.25, 0.3) is 0 Å². The van der Waals surface area contributed by atoms with Gasteiger partial charge in [0.1, 0.15) is 6.33 Å². The fourth-order valence-electron chi connectivity index (χ4n) is 2.28. The molecule has 122 valence electrons.